The summed E-state index contributed by atoms with van der Waals surface area (Å²) in [5.74, 6) is -1.07. The first-order valence-corrected chi connectivity index (χ1v) is 9.48. The summed E-state index contributed by atoms with van der Waals surface area (Å²) in [4.78, 5) is 22.9. The van der Waals surface area contributed by atoms with Crippen LogP contribution in [0.1, 0.15) is 22.6 Å². The summed E-state index contributed by atoms with van der Waals surface area (Å²) in [6.07, 6.45) is 3.02. The number of hydrogen-bond acceptors (Lipinski definition) is 5. The lowest BCUT2D eigenvalue weighted by molar-refractivity contribution is -0.129. The number of halogens is 3. The average Bonchev–Trinajstić information content (AvgIpc) is 2.99. The van der Waals surface area contributed by atoms with Gasteiger partial charge >= 0.3 is 6.61 Å². The Kier molecular flexibility index (Phi) is 5.26. The first-order chi connectivity index (χ1) is 14.8. The van der Waals surface area contributed by atoms with E-state index >= 15 is 0 Å². The number of nitrogens with zero attached hydrogens (tertiary/aromatic N) is 3. The first kappa shape index (κ1) is 20.6. The molecule has 2 atom stereocenters. The standard InChI is InChI=1S/C22H19F3N4O2/c1-29-19(30)22(28-21(29)26,15-6-8-17(9-7-15)31-20(24)25)16-4-2-3-13(11-16)14-5-10-18(23)27-12-14/h2-11,14,20H,12H2,1H3,(H2,26,28)/t14?,22-/m1/s1. The summed E-state index contributed by atoms with van der Waals surface area (Å²) in [6.45, 7) is -2.71. The van der Waals surface area contributed by atoms with E-state index in [1.54, 1.807) is 18.2 Å². The van der Waals surface area contributed by atoms with E-state index < -0.39 is 18.1 Å². The van der Waals surface area contributed by atoms with Crippen molar-refractivity contribution in [3.63, 3.8) is 0 Å². The third-order valence-corrected chi connectivity index (χ3v) is 5.37. The van der Waals surface area contributed by atoms with Gasteiger partial charge in [-0.1, -0.05) is 42.5 Å². The van der Waals surface area contributed by atoms with E-state index in [9.17, 15) is 18.0 Å². The fourth-order valence-electron chi connectivity index (χ4n) is 3.77. The van der Waals surface area contributed by atoms with Gasteiger partial charge in [0.1, 0.15) is 5.75 Å². The van der Waals surface area contributed by atoms with Crippen molar-refractivity contribution >= 4 is 17.8 Å². The van der Waals surface area contributed by atoms with Crippen LogP contribution in [-0.2, 0) is 10.3 Å². The SMILES string of the molecule is CN1C(=O)[C@@](c2ccc(OC(F)F)cc2)(c2cccc(C3C=CC(F)=NC3)c2)N=C1N. The predicted molar refractivity (Wildman–Crippen MR) is 110 cm³/mol. The Hall–Kier alpha value is -3.62. The fourth-order valence-corrected chi connectivity index (χ4v) is 3.77. The summed E-state index contributed by atoms with van der Waals surface area (Å²) in [6, 6.07) is 12.9. The highest BCUT2D eigenvalue weighted by molar-refractivity contribution is 6.08. The number of aliphatic imine (C=N–C) groups is 2. The number of amides is 1. The van der Waals surface area contributed by atoms with Gasteiger partial charge in [-0.15, -0.1) is 0 Å². The summed E-state index contributed by atoms with van der Waals surface area (Å²) < 4.78 is 42.7. The van der Waals surface area contributed by atoms with Gasteiger partial charge in [0.25, 0.3) is 5.91 Å². The molecule has 0 saturated heterocycles. The molecule has 2 heterocycles. The van der Waals surface area contributed by atoms with Gasteiger partial charge in [-0.05, 0) is 34.9 Å². The molecule has 31 heavy (non-hydrogen) atoms. The highest BCUT2D eigenvalue weighted by Gasteiger charge is 2.49. The minimum absolute atomic E-state index is 0.0348. The van der Waals surface area contributed by atoms with Crippen LogP contribution in [0.4, 0.5) is 13.2 Å². The minimum Gasteiger partial charge on any atom is -0.435 e. The number of alkyl halides is 2. The molecule has 0 spiro atoms. The molecule has 0 bridgehead atoms. The summed E-state index contributed by atoms with van der Waals surface area (Å²) in [5, 5.41) is 0. The quantitative estimate of drug-likeness (QED) is 0.793. The van der Waals surface area contributed by atoms with Crippen LogP contribution in [0, 0.1) is 0 Å². The number of hydrogen-bond donors (Lipinski definition) is 1. The van der Waals surface area contributed by atoms with Gasteiger partial charge in [0.05, 0.1) is 6.54 Å². The van der Waals surface area contributed by atoms with Gasteiger partial charge in [0, 0.05) is 13.0 Å². The van der Waals surface area contributed by atoms with Crippen LogP contribution in [0.3, 0.4) is 0 Å². The third kappa shape index (κ3) is 3.67. The topological polar surface area (TPSA) is 80.3 Å². The lowest BCUT2D eigenvalue weighted by Gasteiger charge is -2.27. The van der Waals surface area contributed by atoms with E-state index in [0.29, 0.717) is 11.1 Å². The number of guanidine groups is 1. The molecule has 0 aromatic heterocycles. The van der Waals surface area contributed by atoms with Crippen molar-refractivity contribution in [3.05, 3.63) is 77.4 Å². The molecule has 2 aliphatic rings. The van der Waals surface area contributed by atoms with Crippen molar-refractivity contribution in [1.29, 1.82) is 0 Å². The number of dihydropyridines is 1. The van der Waals surface area contributed by atoms with Crippen molar-refractivity contribution in [2.24, 2.45) is 15.7 Å². The number of carbonyl (C=O) groups is 1. The van der Waals surface area contributed by atoms with E-state index in [0.717, 1.165) is 5.56 Å². The van der Waals surface area contributed by atoms with Gasteiger partial charge in [-0.3, -0.25) is 14.7 Å². The second-order valence-electron chi connectivity index (χ2n) is 7.20. The summed E-state index contributed by atoms with van der Waals surface area (Å²) in [5.41, 5.74) is 6.32. The number of nitrogens with two attached hydrogens (primary N) is 1. The summed E-state index contributed by atoms with van der Waals surface area (Å²) in [7, 11) is 1.52. The van der Waals surface area contributed by atoms with Gasteiger partial charge in [-0.25, -0.2) is 4.99 Å². The molecule has 0 radical (unpaired) electrons. The zero-order chi connectivity index (χ0) is 22.2. The molecule has 1 amide bonds. The van der Waals surface area contributed by atoms with E-state index in [1.165, 1.54) is 42.3 Å². The molecule has 0 saturated carbocycles. The van der Waals surface area contributed by atoms with Gasteiger partial charge in [0.15, 0.2) is 11.5 Å². The Balaban J connectivity index is 1.80. The molecule has 0 fully saturated rings. The molecule has 1 unspecified atom stereocenters. The minimum atomic E-state index is -2.96. The Morgan fingerprint density at radius 2 is 1.94 bits per heavy atom. The van der Waals surface area contributed by atoms with Crippen LogP contribution in [-0.4, -0.2) is 42.9 Å². The van der Waals surface area contributed by atoms with Crippen molar-refractivity contribution in [2.45, 2.75) is 18.1 Å². The predicted octanol–water partition coefficient (Wildman–Crippen LogP) is 3.34. The Morgan fingerprint density at radius 3 is 2.52 bits per heavy atom. The van der Waals surface area contributed by atoms with Crippen LogP contribution < -0.4 is 10.5 Å². The maximum Gasteiger partial charge on any atom is 0.387 e. The molecule has 2 aromatic carbocycles. The molecule has 160 valence electrons. The van der Waals surface area contributed by atoms with E-state index in [4.69, 9.17) is 5.73 Å². The number of ether oxygens (including phenoxy) is 1. The second-order valence-corrected chi connectivity index (χ2v) is 7.20. The molecular formula is C22H19F3N4O2. The first-order valence-electron chi connectivity index (χ1n) is 9.48. The fraction of sp³-hybridized carbons (Fsp3) is 0.227. The monoisotopic (exact) mass is 428 g/mol. The van der Waals surface area contributed by atoms with Crippen molar-refractivity contribution in [3.8, 4) is 5.75 Å². The maximum atomic E-state index is 13.3. The van der Waals surface area contributed by atoms with Gasteiger partial charge in [-0.2, -0.15) is 13.2 Å². The van der Waals surface area contributed by atoms with E-state index in [1.807, 2.05) is 12.1 Å². The lowest BCUT2D eigenvalue weighted by Crippen LogP contribution is -2.41. The number of allylic oxidation sites excluding steroid dienone is 1. The smallest absolute Gasteiger partial charge is 0.387 e. The number of likely N-dealkylation sites (N-methyl/N-ethyl adjacent to an activating group) is 1. The molecule has 9 heteroatoms. The zero-order valence-corrected chi connectivity index (χ0v) is 16.5. The Bertz CT molecular complexity index is 1100. The normalized spacial score (nSPS) is 23.2. The van der Waals surface area contributed by atoms with Crippen LogP contribution in [0.25, 0.3) is 0 Å². The number of rotatable bonds is 5. The van der Waals surface area contributed by atoms with Crippen LogP contribution >= 0.6 is 0 Å². The Morgan fingerprint density at radius 1 is 1.19 bits per heavy atom. The van der Waals surface area contributed by atoms with Crippen LogP contribution in [0.2, 0.25) is 0 Å². The highest BCUT2D eigenvalue weighted by Crippen LogP contribution is 2.41. The van der Waals surface area contributed by atoms with E-state index in [-0.39, 0.29) is 30.1 Å². The Labute approximate surface area is 176 Å². The van der Waals surface area contributed by atoms with Gasteiger partial charge in [0.2, 0.25) is 5.97 Å². The highest BCUT2D eigenvalue weighted by atomic mass is 19.3. The van der Waals surface area contributed by atoms with E-state index in [2.05, 4.69) is 14.7 Å². The van der Waals surface area contributed by atoms with Crippen molar-refractivity contribution in [2.75, 3.05) is 13.6 Å². The molecule has 4 rings (SSSR count). The lowest BCUT2D eigenvalue weighted by atomic mass is 9.81. The van der Waals surface area contributed by atoms with Crippen LogP contribution in [0.15, 0.2) is 70.7 Å². The maximum absolute atomic E-state index is 13.3. The number of benzene rings is 2. The molecular weight excluding hydrogens is 409 g/mol. The molecule has 0 aliphatic carbocycles. The third-order valence-electron chi connectivity index (χ3n) is 5.37. The second kappa shape index (κ2) is 7.90. The molecule has 2 aromatic rings. The van der Waals surface area contributed by atoms with Crippen molar-refractivity contribution < 1.29 is 22.7 Å². The van der Waals surface area contributed by atoms with Crippen LogP contribution in [0.5, 0.6) is 5.75 Å². The zero-order valence-electron chi connectivity index (χ0n) is 16.5. The largest absolute Gasteiger partial charge is 0.435 e. The molecule has 2 N–H and O–H groups in total. The number of carbonyl (C=O) groups excluding carboxylic acids is 1. The van der Waals surface area contributed by atoms with Gasteiger partial charge < -0.3 is 10.5 Å². The van der Waals surface area contributed by atoms with Crippen molar-refractivity contribution in [1.82, 2.24) is 4.90 Å². The average molecular weight is 428 g/mol. The molecule has 2 aliphatic heterocycles. The molecule has 6 nitrogen and oxygen atoms in total. The summed E-state index contributed by atoms with van der Waals surface area (Å²) >= 11 is 0.